The lowest BCUT2D eigenvalue weighted by atomic mass is 10.0. The number of carbonyl (C=O) groups is 1. The molecule has 0 spiro atoms. The Hall–Kier alpha value is -3.10. The van der Waals surface area contributed by atoms with Crippen LogP contribution in [0.5, 0.6) is 0 Å². The molecule has 6 nitrogen and oxygen atoms in total. The van der Waals surface area contributed by atoms with Gasteiger partial charge in [0, 0.05) is 13.1 Å². The van der Waals surface area contributed by atoms with Crippen LogP contribution in [0.3, 0.4) is 0 Å². The van der Waals surface area contributed by atoms with Gasteiger partial charge in [-0.3, -0.25) is 4.79 Å². The Morgan fingerprint density at radius 3 is 2.62 bits per heavy atom. The van der Waals surface area contributed by atoms with Gasteiger partial charge >= 0.3 is 0 Å². The van der Waals surface area contributed by atoms with Crippen LogP contribution in [-0.4, -0.2) is 47.3 Å². The van der Waals surface area contributed by atoms with Gasteiger partial charge in [0.1, 0.15) is 21.4 Å². The van der Waals surface area contributed by atoms with E-state index >= 15 is 0 Å². The summed E-state index contributed by atoms with van der Waals surface area (Å²) in [5.74, 6) is -0.313. The fourth-order valence-electron chi connectivity index (χ4n) is 3.32. The molecule has 0 N–H and O–H groups in total. The van der Waals surface area contributed by atoms with Crippen LogP contribution in [0.15, 0.2) is 53.2 Å². The molecule has 2 aromatic carbocycles. The lowest BCUT2D eigenvalue weighted by molar-refractivity contribution is 0.0306. The van der Waals surface area contributed by atoms with E-state index < -0.39 is 0 Å². The first-order valence-corrected chi connectivity index (χ1v) is 9.99. The van der Waals surface area contributed by atoms with Crippen LogP contribution in [0.4, 0.5) is 4.39 Å². The summed E-state index contributed by atoms with van der Waals surface area (Å²) in [6.45, 7) is 2.29. The maximum absolute atomic E-state index is 13.2. The summed E-state index contributed by atoms with van der Waals surface area (Å²) in [4.78, 5) is 19.4. The van der Waals surface area contributed by atoms with Crippen molar-refractivity contribution in [3.63, 3.8) is 0 Å². The van der Waals surface area contributed by atoms with Gasteiger partial charge < -0.3 is 14.2 Å². The van der Waals surface area contributed by atoms with E-state index in [1.165, 1.54) is 23.5 Å². The quantitative estimate of drug-likeness (QED) is 0.507. The van der Waals surface area contributed by atoms with Gasteiger partial charge in [0.05, 0.1) is 24.8 Å². The van der Waals surface area contributed by atoms with E-state index in [2.05, 4.69) is 10.1 Å². The Balaban J connectivity index is 1.44. The maximum Gasteiger partial charge on any atom is 0.265 e. The molecule has 3 heterocycles. The minimum atomic E-state index is -0.275. The lowest BCUT2D eigenvalue weighted by Crippen LogP contribution is -2.40. The Morgan fingerprint density at radius 2 is 1.83 bits per heavy atom. The van der Waals surface area contributed by atoms with Gasteiger partial charge in [-0.1, -0.05) is 23.4 Å². The second-order valence-corrected chi connectivity index (χ2v) is 7.71. The number of nitrogens with zero attached hydrogens (tertiary/aromatic N) is 3. The molecule has 0 radical (unpaired) electrons. The number of hydrogen-bond acceptors (Lipinski definition) is 6. The molecule has 1 aliphatic heterocycles. The summed E-state index contributed by atoms with van der Waals surface area (Å²) < 4.78 is 24.0. The number of benzene rings is 2. The molecule has 0 aliphatic carbocycles. The van der Waals surface area contributed by atoms with Crippen molar-refractivity contribution in [1.29, 1.82) is 0 Å². The van der Waals surface area contributed by atoms with E-state index in [1.54, 1.807) is 23.2 Å². The van der Waals surface area contributed by atoms with E-state index in [-0.39, 0.29) is 11.7 Å². The lowest BCUT2D eigenvalue weighted by Gasteiger charge is -2.26. The number of halogens is 1. The number of morpholine rings is 1. The Bertz CT molecular complexity index is 1180. The number of fused-ring (bicyclic) bond motifs is 1. The molecular formula is C21H16FN3O3S. The second kappa shape index (κ2) is 7.38. The van der Waals surface area contributed by atoms with E-state index in [0.717, 1.165) is 16.5 Å². The minimum absolute atomic E-state index is 0.0385. The number of ether oxygens (including phenoxy) is 1. The monoisotopic (exact) mass is 409 g/mol. The Labute approximate surface area is 169 Å². The van der Waals surface area contributed by atoms with Crippen molar-refractivity contribution in [3.8, 4) is 21.8 Å². The van der Waals surface area contributed by atoms with Gasteiger partial charge in [-0.15, -0.1) is 11.3 Å². The standard InChI is InChI=1S/C21H16FN3O3S/c22-15-4-1-13(2-5-15)14-3-6-16-17(11-14)28-24-19(16)20-23-12-18(29-20)21(26)25-7-9-27-10-8-25/h1-6,11-12H,7-10H2. The zero-order valence-electron chi connectivity index (χ0n) is 15.3. The third kappa shape index (κ3) is 3.41. The average molecular weight is 409 g/mol. The molecule has 1 fully saturated rings. The van der Waals surface area contributed by atoms with Gasteiger partial charge in [0.25, 0.3) is 5.91 Å². The molecule has 146 valence electrons. The minimum Gasteiger partial charge on any atom is -0.378 e. The molecule has 1 saturated heterocycles. The fraction of sp³-hybridized carbons (Fsp3) is 0.190. The summed E-state index contributed by atoms with van der Waals surface area (Å²) in [5.41, 5.74) is 3.01. The van der Waals surface area contributed by atoms with Crippen molar-refractivity contribution in [3.05, 3.63) is 59.4 Å². The second-order valence-electron chi connectivity index (χ2n) is 6.68. The number of thiazole rings is 1. The Morgan fingerprint density at radius 1 is 1.07 bits per heavy atom. The molecular weight excluding hydrogens is 393 g/mol. The first-order chi connectivity index (χ1) is 14.2. The van der Waals surface area contributed by atoms with Crippen LogP contribution < -0.4 is 0 Å². The number of amides is 1. The largest absolute Gasteiger partial charge is 0.378 e. The number of carbonyl (C=O) groups excluding carboxylic acids is 1. The highest BCUT2D eigenvalue weighted by atomic mass is 32.1. The summed E-state index contributed by atoms with van der Waals surface area (Å²) in [6, 6.07) is 12.0. The molecule has 1 amide bonds. The van der Waals surface area contributed by atoms with Crippen molar-refractivity contribution in [2.75, 3.05) is 26.3 Å². The highest BCUT2D eigenvalue weighted by molar-refractivity contribution is 7.17. The molecule has 2 aromatic heterocycles. The van der Waals surface area contributed by atoms with Crippen molar-refractivity contribution < 1.29 is 18.4 Å². The van der Waals surface area contributed by atoms with Crippen LogP contribution in [0, 0.1) is 5.82 Å². The number of rotatable bonds is 3. The molecule has 5 rings (SSSR count). The van der Waals surface area contributed by atoms with Crippen molar-refractivity contribution >= 4 is 28.2 Å². The van der Waals surface area contributed by atoms with Crippen LogP contribution >= 0.6 is 11.3 Å². The van der Waals surface area contributed by atoms with Gasteiger partial charge in [0.15, 0.2) is 5.58 Å². The van der Waals surface area contributed by atoms with Crippen molar-refractivity contribution in [2.24, 2.45) is 0 Å². The third-order valence-corrected chi connectivity index (χ3v) is 5.86. The first-order valence-electron chi connectivity index (χ1n) is 9.17. The maximum atomic E-state index is 13.2. The Kier molecular flexibility index (Phi) is 4.57. The van der Waals surface area contributed by atoms with Gasteiger partial charge in [-0.2, -0.15) is 0 Å². The van der Waals surface area contributed by atoms with E-state index in [1.807, 2.05) is 18.2 Å². The van der Waals surface area contributed by atoms with Gasteiger partial charge in [0.2, 0.25) is 0 Å². The molecule has 0 atom stereocenters. The highest BCUT2D eigenvalue weighted by Crippen LogP contribution is 2.33. The number of aromatic nitrogens is 2. The average Bonchev–Trinajstić information content (AvgIpc) is 3.41. The molecule has 1 aliphatic rings. The van der Waals surface area contributed by atoms with Crippen LogP contribution in [0.25, 0.3) is 32.8 Å². The summed E-state index contributed by atoms with van der Waals surface area (Å²) in [5, 5.41) is 5.62. The first kappa shape index (κ1) is 18.0. The van der Waals surface area contributed by atoms with Crippen molar-refractivity contribution in [2.45, 2.75) is 0 Å². The predicted octanol–water partition coefficient (Wildman–Crippen LogP) is 4.23. The summed E-state index contributed by atoms with van der Waals surface area (Å²) in [6.07, 6.45) is 1.59. The molecule has 29 heavy (non-hydrogen) atoms. The topological polar surface area (TPSA) is 68.5 Å². The number of hydrogen-bond donors (Lipinski definition) is 0. The third-order valence-electron chi connectivity index (χ3n) is 4.87. The predicted molar refractivity (Wildman–Crippen MR) is 107 cm³/mol. The zero-order valence-corrected chi connectivity index (χ0v) is 16.1. The molecule has 8 heteroatoms. The van der Waals surface area contributed by atoms with Gasteiger partial charge in [-0.25, -0.2) is 9.37 Å². The van der Waals surface area contributed by atoms with Gasteiger partial charge in [-0.05, 0) is 35.4 Å². The molecule has 0 bridgehead atoms. The van der Waals surface area contributed by atoms with Crippen LogP contribution in [0.2, 0.25) is 0 Å². The SMILES string of the molecule is O=C(c1cnc(-c2noc3cc(-c4ccc(F)cc4)ccc23)s1)N1CCOCC1. The smallest absolute Gasteiger partial charge is 0.265 e. The summed E-state index contributed by atoms with van der Waals surface area (Å²) >= 11 is 1.30. The van der Waals surface area contributed by atoms with Crippen molar-refractivity contribution in [1.82, 2.24) is 15.0 Å². The molecule has 4 aromatic rings. The van der Waals surface area contributed by atoms with E-state index in [0.29, 0.717) is 47.5 Å². The zero-order chi connectivity index (χ0) is 19.8. The fourth-order valence-corrected chi connectivity index (χ4v) is 4.20. The highest BCUT2D eigenvalue weighted by Gasteiger charge is 2.22. The van der Waals surface area contributed by atoms with Crippen LogP contribution in [-0.2, 0) is 4.74 Å². The summed E-state index contributed by atoms with van der Waals surface area (Å²) in [7, 11) is 0. The van der Waals surface area contributed by atoms with E-state index in [9.17, 15) is 9.18 Å². The van der Waals surface area contributed by atoms with Crippen LogP contribution in [0.1, 0.15) is 9.67 Å². The molecule has 0 saturated carbocycles. The molecule has 0 unspecified atom stereocenters. The van der Waals surface area contributed by atoms with E-state index in [4.69, 9.17) is 9.26 Å². The normalized spacial score (nSPS) is 14.4.